The van der Waals surface area contributed by atoms with Crippen LogP contribution in [-0.4, -0.2) is 35.8 Å². The number of anilines is 1. The zero-order valence-electron chi connectivity index (χ0n) is 17.8. The molecule has 2 amide bonds. The maximum absolute atomic E-state index is 12.9. The maximum Gasteiger partial charge on any atom is 0.253 e. The van der Waals surface area contributed by atoms with Crippen LogP contribution in [0.5, 0.6) is 0 Å². The molecule has 0 saturated heterocycles. The number of fused-ring (bicyclic) bond motifs is 1. The van der Waals surface area contributed by atoms with Gasteiger partial charge >= 0.3 is 0 Å². The number of carbonyl (C=O) groups excluding carboxylic acids is 2. The summed E-state index contributed by atoms with van der Waals surface area (Å²) in [6.45, 7) is 0.581. The summed E-state index contributed by atoms with van der Waals surface area (Å²) < 4.78 is 0. The second kappa shape index (κ2) is 9.80. The Balaban J connectivity index is 1.44. The van der Waals surface area contributed by atoms with E-state index in [0.717, 1.165) is 38.5 Å². The quantitative estimate of drug-likeness (QED) is 0.674. The Morgan fingerprint density at radius 1 is 1.03 bits per heavy atom. The highest BCUT2D eigenvalue weighted by molar-refractivity contribution is 6.04. The summed E-state index contributed by atoms with van der Waals surface area (Å²) in [5, 5.41) is 6.04. The van der Waals surface area contributed by atoms with Crippen molar-refractivity contribution < 1.29 is 9.59 Å². The molecule has 0 radical (unpaired) electrons. The normalized spacial score (nSPS) is 17.9. The van der Waals surface area contributed by atoms with Gasteiger partial charge in [-0.3, -0.25) is 14.5 Å². The molecule has 4 rings (SSSR count). The molecule has 1 fully saturated rings. The highest BCUT2D eigenvalue weighted by atomic mass is 16.2. The third kappa shape index (κ3) is 4.98. The second-order valence-corrected chi connectivity index (χ2v) is 8.41. The largest absolute Gasteiger partial charge is 0.349 e. The standard InChI is InChI=1S/C26H29N3O2/c1-2-17-29(24-16-15-19-9-3-6-12-21(19)24)18-25(30)28-23-14-8-7-13-22(23)26(31)27-20-10-4-5-11-20/h1,3,6-9,12-14,20,24H,4-5,10-11,15-18H2,(H,27,31)(H,28,30). The van der Waals surface area contributed by atoms with Gasteiger partial charge in [-0.15, -0.1) is 6.42 Å². The van der Waals surface area contributed by atoms with Gasteiger partial charge in [0.05, 0.1) is 24.3 Å². The van der Waals surface area contributed by atoms with Crippen LogP contribution in [0.1, 0.15) is 59.6 Å². The van der Waals surface area contributed by atoms with Gasteiger partial charge < -0.3 is 10.6 Å². The van der Waals surface area contributed by atoms with Crippen LogP contribution >= 0.6 is 0 Å². The van der Waals surface area contributed by atoms with Gasteiger partial charge in [0.1, 0.15) is 0 Å². The van der Waals surface area contributed by atoms with Crippen molar-refractivity contribution in [3.05, 3.63) is 65.2 Å². The number of para-hydroxylation sites is 1. The fraction of sp³-hybridized carbons (Fsp3) is 0.385. The van der Waals surface area contributed by atoms with Crippen molar-refractivity contribution in [1.29, 1.82) is 0 Å². The third-order valence-corrected chi connectivity index (χ3v) is 6.32. The number of hydrogen-bond donors (Lipinski definition) is 2. The first kappa shape index (κ1) is 21.1. The molecule has 2 aliphatic carbocycles. The zero-order valence-corrected chi connectivity index (χ0v) is 17.8. The number of benzene rings is 2. The van der Waals surface area contributed by atoms with Crippen LogP contribution in [0.2, 0.25) is 0 Å². The average Bonchev–Trinajstić information content (AvgIpc) is 3.43. The lowest BCUT2D eigenvalue weighted by atomic mass is 10.1. The Kier molecular flexibility index (Phi) is 6.69. The molecule has 0 aromatic heterocycles. The third-order valence-electron chi connectivity index (χ3n) is 6.32. The van der Waals surface area contributed by atoms with E-state index >= 15 is 0 Å². The second-order valence-electron chi connectivity index (χ2n) is 8.41. The number of carbonyl (C=O) groups is 2. The summed E-state index contributed by atoms with van der Waals surface area (Å²) in [6, 6.07) is 15.9. The highest BCUT2D eigenvalue weighted by Gasteiger charge is 2.29. The summed E-state index contributed by atoms with van der Waals surface area (Å²) in [6.07, 6.45) is 11.9. The van der Waals surface area contributed by atoms with Crippen LogP contribution in [-0.2, 0) is 11.2 Å². The van der Waals surface area contributed by atoms with Gasteiger partial charge in [-0.1, -0.05) is 55.2 Å². The lowest BCUT2D eigenvalue weighted by Gasteiger charge is -2.27. The molecule has 1 atom stereocenters. The van der Waals surface area contributed by atoms with E-state index in [2.05, 4.69) is 28.7 Å². The van der Waals surface area contributed by atoms with Gasteiger partial charge in [0.2, 0.25) is 5.91 Å². The van der Waals surface area contributed by atoms with Crippen molar-refractivity contribution in [2.45, 2.75) is 50.6 Å². The monoisotopic (exact) mass is 415 g/mol. The number of terminal acetylenes is 1. The van der Waals surface area contributed by atoms with Crippen LogP contribution in [0, 0.1) is 12.3 Å². The molecule has 2 aromatic rings. The molecular formula is C26H29N3O2. The van der Waals surface area contributed by atoms with E-state index in [1.807, 2.05) is 29.2 Å². The molecule has 5 nitrogen and oxygen atoms in total. The first-order chi connectivity index (χ1) is 15.2. The van der Waals surface area contributed by atoms with Crippen molar-refractivity contribution in [2.75, 3.05) is 18.4 Å². The lowest BCUT2D eigenvalue weighted by Crippen LogP contribution is -2.37. The summed E-state index contributed by atoms with van der Waals surface area (Å²) in [4.78, 5) is 27.8. The van der Waals surface area contributed by atoms with E-state index in [0.29, 0.717) is 17.8 Å². The molecule has 0 aliphatic heterocycles. The Bertz CT molecular complexity index is 988. The number of nitrogens with one attached hydrogen (secondary N) is 2. The predicted octanol–water partition coefficient (Wildman–Crippen LogP) is 3.92. The topological polar surface area (TPSA) is 61.4 Å². The maximum atomic E-state index is 12.9. The Hall–Kier alpha value is -3.10. The number of amides is 2. The SMILES string of the molecule is C#CCN(CC(=O)Nc1ccccc1C(=O)NC1CCCC1)C1CCc2ccccc21. The van der Waals surface area contributed by atoms with Gasteiger partial charge in [0.15, 0.2) is 0 Å². The molecular weight excluding hydrogens is 386 g/mol. The first-order valence-corrected chi connectivity index (χ1v) is 11.1. The van der Waals surface area contributed by atoms with Crippen LogP contribution in [0.3, 0.4) is 0 Å². The minimum atomic E-state index is -0.166. The van der Waals surface area contributed by atoms with Gasteiger partial charge in [-0.2, -0.15) is 0 Å². The van der Waals surface area contributed by atoms with E-state index in [1.165, 1.54) is 11.1 Å². The highest BCUT2D eigenvalue weighted by Crippen LogP contribution is 2.35. The van der Waals surface area contributed by atoms with Crippen molar-refractivity contribution in [3.63, 3.8) is 0 Å². The smallest absolute Gasteiger partial charge is 0.253 e. The Morgan fingerprint density at radius 2 is 1.77 bits per heavy atom. The van der Waals surface area contributed by atoms with Crippen LogP contribution < -0.4 is 10.6 Å². The molecule has 2 N–H and O–H groups in total. The fourth-order valence-corrected chi connectivity index (χ4v) is 4.81. The summed E-state index contributed by atoms with van der Waals surface area (Å²) in [5.74, 6) is 2.40. The number of rotatable bonds is 7. The number of aryl methyl sites for hydroxylation is 1. The molecule has 31 heavy (non-hydrogen) atoms. The van der Waals surface area contributed by atoms with Crippen molar-refractivity contribution in [3.8, 4) is 12.3 Å². The van der Waals surface area contributed by atoms with E-state index in [1.54, 1.807) is 12.1 Å². The molecule has 2 aliphatic rings. The Labute approximate surface area is 184 Å². The first-order valence-electron chi connectivity index (χ1n) is 11.1. The molecule has 1 unspecified atom stereocenters. The van der Waals surface area contributed by atoms with Crippen LogP contribution in [0.15, 0.2) is 48.5 Å². The lowest BCUT2D eigenvalue weighted by molar-refractivity contribution is -0.117. The Morgan fingerprint density at radius 3 is 2.58 bits per heavy atom. The summed E-state index contributed by atoms with van der Waals surface area (Å²) in [7, 11) is 0. The number of hydrogen-bond acceptors (Lipinski definition) is 3. The molecule has 5 heteroatoms. The zero-order chi connectivity index (χ0) is 21.6. The predicted molar refractivity (Wildman–Crippen MR) is 123 cm³/mol. The molecule has 0 spiro atoms. The van der Waals surface area contributed by atoms with Crippen LogP contribution in [0.25, 0.3) is 0 Å². The van der Waals surface area contributed by atoms with E-state index < -0.39 is 0 Å². The summed E-state index contributed by atoms with van der Waals surface area (Å²) in [5.41, 5.74) is 3.61. The summed E-state index contributed by atoms with van der Waals surface area (Å²) >= 11 is 0. The minimum Gasteiger partial charge on any atom is -0.349 e. The average molecular weight is 416 g/mol. The molecule has 0 heterocycles. The fourth-order valence-electron chi connectivity index (χ4n) is 4.81. The molecule has 1 saturated carbocycles. The van der Waals surface area contributed by atoms with Crippen molar-refractivity contribution in [2.24, 2.45) is 0 Å². The van der Waals surface area contributed by atoms with Crippen molar-refractivity contribution in [1.82, 2.24) is 10.2 Å². The van der Waals surface area contributed by atoms with Crippen LogP contribution in [0.4, 0.5) is 5.69 Å². The number of nitrogens with zero attached hydrogens (tertiary/aromatic N) is 1. The molecule has 2 aromatic carbocycles. The van der Waals surface area contributed by atoms with E-state index in [4.69, 9.17) is 6.42 Å². The minimum absolute atomic E-state index is 0.131. The van der Waals surface area contributed by atoms with Crippen molar-refractivity contribution >= 4 is 17.5 Å². The van der Waals surface area contributed by atoms with Gasteiger partial charge in [0, 0.05) is 12.1 Å². The molecule has 160 valence electrons. The van der Waals surface area contributed by atoms with E-state index in [-0.39, 0.29) is 30.4 Å². The van der Waals surface area contributed by atoms with Gasteiger partial charge in [-0.05, 0) is 48.9 Å². The van der Waals surface area contributed by atoms with Gasteiger partial charge in [-0.25, -0.2) is 0 Å². The molecule has 0 bridgehead atoms. The van der Waals surface area contributed by atoms with E-state index in [9.17, 15) is 9.59 Å². The van der Waals surface area contributed by atoms with Gasteiger partial charge in [0.25, 0.3) is 5.91 Å².